The molecule has 3 aromatic heterocycles. The largest absolute Gasteiger partial charge is 0.322 e. The molecule has 7 nitrogen and oxygen atoms in total. The summed E-state index contributed by atoms with van der Waals surface area (Å²) in [6.07, 6.45) is 3.36. The van der Waals surface area contributed by atoms with Crippen LogP contribution in [0.15, 0.2) is 18.5 Å². The lowest BCUT2D eigenvalue weighted by molar-refractivity contribution is -0.910. The molecule has 3 heterocycles. The predicted molar refractivity (Wildman–Crippen MR) is 108 cm³/mol. The van der Waals surface area contributed by atoms with Crippen LogP contribution in [0.1, 0.15) is 37.6 Å². The molecular weight excluding hydrogens is 401 g/mol. The van der Waals surface area contributed by atoms with Crippen molar-refractivity contribution in [3.63, 3.8) is 0 Å². The van der Waals surface area contributed by atoms with Gasteiger partial charge in [-0.05, 0) is 19.9 Å². The zero-order valence-electron chi connectivity index (χ0n) is 16.3. The fraction of sp³-hybridized carbons (Fsp3) is 0.368. The first-order valence-corrected chi connectivity index (χ1v) is 9.48. The Kier molecular flexibility index (Phi) is 5.25. The first kappa shape index (κ1) is 20.4. The maximum absolute atomic E-state index is 12.3. The quantitative estimate of drug-likeness (QED) is 0.380. The van der Waals surface area contributed by atoms with Gasteiger partial charge in [-0.2, -0.15) is 9.97 Å². The van der Waals surface area contributed by atoms with E-state index in [1.54, 1.807) is 39.2 Å². The number of hydrogen-bond acceptors (Lipinski definition) is 4. The van der Waals surface area contributed by atoms with Crippen molar-refractivity contribution in [1.29, 1.82) is 0 Å². The minimum Gasteiger partial charge on any atom is -0.322 e. The van der Waals surface area contributed by atoms with E-state index in [1.165, 1.54) is 0 Å². The van der Waals surface area contributed by atoms with Crippen molar-refractivity contribution in [2.24, 2.45) is 5.41 Å². The van der Waals surface area contributed by atoms with Gasteiger partial charge in [-0.3, -0.25) is 15.3 Å². The minimum atomic E-state index is -0.592. The third-order valence-corrected chi connectivity index (χ3v) is 5.37. The summed E-state index contributed by atoms with van der Waals surface area (Å²) in [7, 11) is 0. The summed E-state index contributed by atoms with van der Waals surface area (Å²) in [5.41, 5.74) is 2.11. The number of aromatic nitrogens is 4. The number of rotatable bonds is 3. The number of amides is 1. The molecule has 0 aliphatic rings. The number of hydrogen-bond donors (Lipinski definition) is 2. The molecule has 0 saturated carbocycles. The second-order valence-corrected chi connectivity index (χ2v) is 8.50. The SMILES string of the molecule is Cc1c[n+](O)c(Cn2ccc3c(Cl)nc(NC(=O)C(C)(C)C)nc32)c(C)c1Cl. The maximum atomic E-state index is 12.3. The zero-order chi connectivity index (χ0) is 20.8. The number of halogens is 2. The Labute approximate surface area is 172 Å². The van der Waals surface area contributed by atoms with Gasteiger partial charge in [-0.15, -0.1) is 0 Å². The molecule has 148 valence electrons. The number of carbonyl (C=O) groups is 1. The van der Waals surface area contributed by atoms with Gasteiger partial charge in [0, 0.05) is 27.5 Å². The fourth-order valence-corrected chi connectivity index (χ4v) is 3.15. The molecule has 3 aromatic rings. The molecule has 0 aliphatic heterocycles. The van der Waals surface area contributed by atoms with Crippen LogP contribution < -0.4 is 10.0 Å². The second-order valence-electron chi connectivity index (χ2n) is 7.77. The molecule has 0 aliphatic carbocycles. The summed E-state index contributed by atoms with van der Waals surface area (Å²) >= 11 is 12.6. The summed E-state index contributed by atoms with van der Waals surface area (Å²) in [5.74, 6) is -0.0803. The van der Waals surface area contributed by atoms with E-state index in [0.29, 0.717) is 28.3 Å². The van der Waals surface area contributed by atoms with Crippen molar-refractivity contribution < 1.29 is 14.7 Å². The molecule has 0 radical (unpaired) electrons. The van der Waals surface area contributed by atoms with E-state index in [0.717, 1.165) is 15.9 Å². The minimum absolute atomic E-state index is 0.132. The van der Waals surface area contributed by atoms with Crippen LogP contribution in [-0.2, 0) is 11.3 Å². The average Bonchev–Trinajstić information content (AvgIpc) is 2.99. The molecule has 0 saturated heterocycles. The first-order chi connectivity index (χ1) is 13.0. The number of anilines is 1. The second kappa shape index (κ2) is 7.22. The van der Waals surface area contributed by atoms with Gasteiger partial charge in [0.15, 0.2) is 0 Å². The smallest absolute Gasteiger partial charge is 0.258 e. The van der Waals surface area contributed by atoms with Crippen LogP contribution in [0.3, 0.4) is 0 Å². The van der Waals surface area contributed by atoms with Crippen molar-refractivity contribution in [3.8, 4) is 0 Å². The Morgan fingerprint density at radius 3 is 2.61 bits per heavy atom. The molecule has 0 unspecified atom stereocenters. The third kappa shape index (κ3) is 3.77. The van der Waals surface area contributed by atoms with E-state index in [9.17, 15) is 10.0 Å². The summed E-state index contributed by atoms with van der Waals surface area (Å²) in [5, 5.41) is 14.5. The van der Waals surface area contributed by atoms with Crippen molar-refractivity contribution in [2.75, 3.05) is 5.32 Å². The summed E-state index contributed by atoms with van der Waals surface area (Å²) in [6.45, 7) is 9.39. The van der Waals surface area contributed by atoms with E-state index in [-0.39, 0.29) is 17.0 Å². The van der Waals surface area contributed by atoms with E-state index in [2.05, 4.69) is 15.3 Å². The van der Waals surface area contributed by atoms with Gasteiger partial charge in [0.2, 0.25) is 18.1 Å². The normalized spacial score (nSPS) is 11.8. The molecule has 0 spiro atoms. The lowest BCUT2D eigenvalue weighted by atomic mass is 9.96. The highest BCUT2D eigenvalue weighted by Crippen LogP contribution is 2.26. The van der Waals surface area contributed by atoms with Gasteiger partial charge in [0.25, 0.3) is 5.69 Å². The topological polar surface area (TPSA) is 83.9 Å². The Balaban J connectivity index is 2.04. The molecule has 3 rings (SSSR count). The zero-order valence-corrected chi connectivity index (χ0v) is 17.9. The highest BCUT2D eigenvalue weighted by atomic mass is 35.5. The number of fused-ring (bicyclic) bond motifs is 1. The molecule has 9 heteroatoms. The van der Waals surface area contributed by atoms with Crippen molar-refractivity contribution >= 4 is 46.1 Å². The molecular formula is C19H22Cl2N5O2+. The average molecular weight is 423 g/mol. The number of pyridine rings is 1. The number of nitrogens with zero attached hydrogens (tertiary/aromatic N) is 4. The van der Waals surface area contributed by atoms with Crippen molar-refractivity contribution in [1.82, 2.24) is 14.5 Å². The molecule has 0 atom stereocenters. The van der Waals surface area contributed by atoms with Gasteiger partial charge in [0.1, 0.15) is 17.3 Å². The number of carbonyl (C=O) groups excluding carboxylic acids is 1. The number of nitrogens with one attached hydrogen (secondary N) is 1. The Morgan fingerprint density at radius 2 is 1.96 bits per heavy atom. The van der Waals surface area contributed by atoms with Gasteiger partial charge >= 0.3 is 0 Å². The van der Waals surface area contributed by atoms with Crippen LogP contribution in [-0.4, -0.2) is 25.6 Å². The van der Waals surface area contributed by atoms with Crippen LogP contribution in [0, 0.1) is 19.3 Å². The van der Waals surface area contributed by atoms with Gasteiger partial charge in [-0.1, -0.05) is 44.0 Å². The summed E-state index contributed by atoms with van der Waals surface area (Å²) < 4.78 is 2.88. The van der Waals surface area contributed by atoms with E-state index >= 15 is 0 Å². The number of aryl methyl sites for hydroxylation is 1. The molecule has 0 fully saturated rings. The van der Waals surface area contributed by atoms with Crippen LogP contribution in [0.25, 0.3) is 11.0 Å². The van der Waals surface area contributed by atoms with Crippen LogP contribution in [0.5, 0.6) is 0 Å². The molecule has 0 bridgehead atoms. The van der Waals surface area contributed by atoms with E-state index in [1.807, 2.05) is 18.4 Å². The van der Waals surface area contributed by atoms with Crippen LogP contribution in [0.2, 0.25) is 10.2 Å². The van der Waals surface area contributed by atoms with Crippen molar-refractivity contribution in [2.45, 2.75) is 41.2 Å². The Morgan fingerprint density at radius 1 is 1.29 bits per heavy atom. The summed E-state index contributed by atoms with van der Waals surface area (Å²) in [4.78, 5) is 20.9. The molecule has 1 amide bonds. The standard InChI is InChI=1S/C19H21Cl2N5O2/c1-10-8-26(28)13(11(2)14(10)20)9-25-7-6-12-15(21)22-18(23-16(12)25)24-17(27)19(3,4)5/h6-8H,9H2,1-5H3,(H-,22,23,24,27,28)/p+1. The first-order valence-electron chi connectivity index (χ1n) is 8.72. The van der Waals surface area contributed by atoms with Gasteiger partial charge in [-0.25, -0.2) is 0 Å². The predicted octanol–water partition coefficient (Wildman–Crippen LogP) is 3.91. The van der Waals surface area contributed by atoms with E-state index < -0.39 is 5.41 Å². The molecule has 0 aromatic carbocycles. The Hall–Kier alpha value is -2.38. The van der Waals surface area contributed by atoms with Crippen LogP contribution in [0.4, 0.5) is 5.95 Å². The maximum Gasteiger partial charge on any atom is 0.258 e. The lowest BCUT2D eigenvalue weighted by Gasteiger charge is -2.16. The highest BCUT2D eigenvalue weighted by Gasteiger charge is 2.24. The summed E-state index contributed by atoms with van der Waals surface area (Å²) in [6, 6.07) is 1.79. The highest BCUT2D eigenvalue weighted by molar-refractivity contribution is 6.34. The van der Waals surface area contributed by atoms with Gasteiger partial charge in [0.05, 0.1) is 10.4 Å². The third-order valence-electron chi connectivity index (χ3n) is 4.50. The molecule has 28 heavy (non-hydrogen) atoms. The Bertz CT molecular complexity index is 1090. The van der Waals surface area contributed by atoms with Crippen molar-refractivity contribution in [3.05, 3.63) is 45.5 Å². The monoisotopic (exact) mass is 422 g/mol. The fourth-order valence-electron chi connectivity index (χ4n) is 2.77. The van der Waals surface area contributed by atoms with E-state index in [4.69, 9.17) is 23.2 Å². The van der Waals surface area contributed by atoms with Gasteiger partial charge < -0.3 is 4.57 Å². The lowest BCUT2D eigenvalue weighted by Crippen LogP contribution is -2.37. The van der Waals surface area contributed by atoms with Crippen LogP contribution >= 0.6 is 23.2 Å². The molecule has 2 N–H and O–H groups in total.